The van der Waals surface area contributed by atoms with Gasteiger partial charge >= 0.3 is 0 Å². The molecule has 3 atom stereocenters. The molecule has 2 rings (SSSR count). The van der Waals surface area contributed by atoms with E-state index in [4.69, 9.17) is 5.84 Å². The normalized spacial score (nSPS) is 26.1. The number of hydrazone groups is 1. The van der Waals surface area contributed by atoms with Gasteiger partial charge in [-0.25, -0.2) is 11.0 Å². The Morgan fingerprint density at radius 2 is 2.04 bits per heavy atom. The van der Waals surface area contributed by atoms with Crippen LogP contribution in [0.1, 0.15) is 79.6 Å². The molecule has 1 aliphatic carbocycles. The van der Waals surface area contributed by atoms with Crippen molar-refractivity contribution in [3.8, 4) is 0 Å². The first-order chi connectivity index (χ1) is 13.4. The largest absolute Gasteiger partial charge is 0.317 e. The fourth-order valence-corrected chi connectivity index (χ4v) is 4.88. The number of hydrazine groups is 1. The first-order valence-corrected chi connectivity index (χ1v) is 11.2. The lowest BCUT2D eigenvalue weighted by Crippen LogP contribution is -2.41. The van der Waals surface area contributed by atoms with Crippen LogP contribution in [0.15, 0.2) is 40.0 Å². The van der Waals surface area contributed by atoms with Crippen molar-refractivity contribution in [2.24, 2.45) is 22.8 Å². The number of rotatable bonds is 10. The summed E-state index contributed by atoms with van der Waals surface area (Å²) < 4.78 is 0. The maximum absolute atomic E-state index is 6.12. The second-order valence-corrected chi connectivity index (χ2v) is 8.72. The summed E-state index contributed by atoms with van der Waals surface area (Å²) in [4.78, 5) is 0. The van der Waals surface area contributed by atoms with Crippen LogP contribution >= 0.6 is 0 Å². The van der Waals surface area contributed by atoms with E-state index in [1.54, 1.807) is 10.7 Å². The SMILES string of the molecule is C=C(C)/C=C(CCCNCCC)/C(=C(\C)CC)[C@H]1CCC2C(C1)C(C)=NN2N. The molecule has 0 saturated heterocycles. The van der Waals surface area contributed by atoms with Gasteiger partial charge in [0.25, 0.3) is 0 Å². The molecule has 0 spiro atoms. The molecule has 4 nitrogen and oxygen atoms in total. The molecule has 2 aliphatic rings. The molecule has 0 aromatic rings. The predicted octanol–water partition coefficient (Wildman–Crippen LogP) is 5.35. The lowest BCUT2D eigenvalue weighted by atomic mass is 9.70. The highest BCUT2D eigenvalue weighted by atomic mass is 15.7. The molecule has 1 heterocycles. The van der Waals surface area contributed by atoms with Gasteiger partial charge in [0, 0.05) is 11.6 Å². The highest BCUT2D eigenvalue weighted by Gasteiger charge is 2.40. The Kier molecular flexibility index (Phi) is 8.97. The molecule has 0 amide bonds. The lowest BCUT2D eigenvalue weighted by Gasteiger charge is -2.36. The first-order valence-electron chi connectivity index (χ1n) is 11.2. The summed E-state index contributed by atoms with van der Waals surface area (Å²) in [7, 11) is 0. The van der Waals surface area contributed by atoms with Crippen LogP contribution < -0.4 is 11.2 Å². The molecule has 1 saturated carbocycles. The number of hydrogen-bond acceptors (Lipinski definition) is 4. The number of nitrogens with one attached hydrogen (secondary N) is 1. The van der Waals surface area contributed by atoms with Gasteiger partial charge in [-0.15, -0.1) is 0 Å². The van der Waals surface area contributed by atoms with E-state index in [2.05, 4.69) is 57.7 Å². The third kappa shape index (κ3) is 5.81. The van der Waals surface area contributed by atoms with Crippen molar-refractivity contribution >= 4 is 5.71 Å². The van der Waals surface area contributed by atoms with Crippen LogP contribution in [0.4, 0.5) is 0 Å². The average Bonchev–Trinajstić information content (AvgIpc) is 2.94. The summed E-state index contributed by atoms with van der Waals surface area (Å²) >= 11 is 0. The lowest BCUT2D eigenvalue weighted by molar-refractivity contribution is 0.149. The van der Waals surface area contributed by atoms with Crippen LogP contribution in [0.25, 0.3) is 0 Å². The van der Waals surface area contributed by atoms with E-state index in [0.717, 1.165) is 37.9 Å². The van der Waals surface area contributed by atoms with E-state index in [1.165, 1.54) is 42.5 Å². The number of allylic oxidation sites excluding steroid dienone is 5. The summed E-state index contributed by atoms with van der Waals surface area (Å²) in [6.45, 7) is 17.5. The predicted molar refractivity (Wildman–Crippen MR) is 122 cm³/mol. The summed E-state index contributed by atoms with van der Waals surface area (Å²) in [5, 5.41) is 9.80. The van der Waals surface area contributed by atoms with Crippen molar-refractivity contribution in [2.45, 2.75) is 85.6 Å². The van der Waals surface area contributed by atoms with Gasteiger partial charge < -0.3 is 5.32 Å². The Hall–Kier alpha value is -1.39. The highest BCUT2D eigenvalue weighted by Crippen LogP contribution is 2.43. The van der Waals surface area contributed by atoms with Crippen molar-refractivity contribution in [1.29, 1.82) is 0 Å². The molecule has 1 fully saturated rings. The Bertz CT molecular complexity index is 629. The average molecular weight is 387 g/mol. The molecular weight excluding hydrogens is 344 g/mol. The van der Waals surface area contributed by atoms with Crippen molar-refractivity contribution in [3.05, 3.63) is 34.9 Å². The number of nitrogens with zero attached hydrogens (tertiary/aromatic N) is 2. The van der Waals surface area contributed by atoms with Gasteiger partial charge in [-0.3, -0.25) is 0 Å². The molecule has 4 heteroatoms. The smallest absolute Gasteiger partial charge is 0.0721 e. The van der Waals surface area contributed by atoms with Gasteiger partial charge in [0.1, 0.15) is 0 Å². The van der Waals surface area contributed by atoms with Crippen molar-refractivity contribution in [3.63, 3.8) is 0 Å². The molecule has 1 aliphatic heterocycles. The van der Waals surface area contributed by atoms with Crippen molar-refractivity contribution in [1.82, 2.24) is 10.4 Å². The minimum atomic E-state index is 0.395. The summed E-state index contributed by atoms with van der Waals surface area (Å²) in [5.74, 6) is 7.23. The van der Waals surface area contributed by atoms with E-state index in [0.29, 0.717) is 17.9 Å². The molecule has 28 heavy (non-hydrogen) atoms. The van der Waals surface area contributed by atoms with Crippen LogP contribution in [-0.2, 0) is 0 Å². The molecule has 2 unspecified atom stereocenters. The van der Waals surface area contributed by atoms with Crippen LogP contribution in [0, 0.1) is 11.8 Å². The second kappa shape index (κ2) is 11.0. The Balaban J connectivity index is 2.20. The first kappa shape index (κ1) is 22.9. The second-order valence-electron chi connectivity index (χ2n) is 8.72. The minimum absolute atomic E-state index is 0.395. The molecular formula is C24H42N4. The van der Waals surface area contributed by atoms with Gasteiger partial charge in [-0.05, 0) is 95.9 Å². The maximum Gasteiger partial charge on any atom is 0.0721 e. The van der Waals surface area contributed by atoms with Gasteiger partial charge in [0.2, 0.25) is 0 Å². The zero-order valence-corrected chi connectivity index (χ0v) is 18.9. The summed E-state index contributed by atoms with van der Waals surface area (Å²) in [5.41, 5.74) is 7.00. The Labute approximate surface area is 173 Å². The Morgan fingerprint density at radius 1 is 1.29 bits per heavy atom. The van der Waals surface area contributed by atoms with E-state index in [-0.39, 0.29) is 0 Å². The maximum atomic E-state index is 6.12. The van der Waals surface area contributed by atoms with E-state index < -0.39 is 0 Å². The quantitative estimate of drug-likeness (QED) is 0.302. The fraction of sp³-hybridized carbons (Fsp3) is 0.708. The van der Waals surface area contributed by atoms with Crippen LogP contribution in [-0.4, -0.2) is 30.0 Å². The van der Waals surface area contributed by atoms with Crippen LogP contribution in [0.2, 0.25) is 0 Å². The molecule has 0 bridgehead atoms. The zero-order chi connectivity index (χ0) is 20.7. The topological polar surface area (TPSA) is 53.7 Å². The standard InChI is InChI=1S/C24H42N4/c1-7-13-26-14-9-10-20(15-17(3)4)24(18(5)8-2)21-11-12-23-22(16-21)19(6)27-28(23)25/h15,21-23,26H,3,7-14,16,25H2,1-2,4-6H3/b20-15+,24-18-/t21-,22?,23?/m0/s1. The van der Waals surface area contributed by atoms with Gasteiger partial charge in [0.15, 0.2) is 0 Å². The van der Waals surface area contributed by atoms with Gasteiger partial charge in [-0.2, -0.15) is 5.10 Å². The number of hydrogen-bond donors (Lipinski definition) is 2. The number of fused-ring (bicyclic) bond motifs is 1. The molecule has 158 valence electrons. The van der Waals surface area contributed by atoms with Crippen LogP contribution in [0.5, 0.6) is 0 Å². The monoisotopic (exact) mass is 386 g/mol. The van der Waals surface area contributed by atoms with E-state index in [1.807, 2.05) is 0 Å². The zero-order valence-electron chi connectivity index (χ0n) is 18.9. The number of nitrogens with two attached hydrogens (primary N) is 1. The van der Waals surface area contributed by atoms with Crippen molar-refractivity contribution < 1.29 is 0 Å². The Morgan fingerprint density at radius 3 is 2.68 bits per heavy atom. The third-order valence-corrected chi connectivity index (χ3v) is 6.35. The van der Waals surface area contributed by atoms with Gasteiger partial charge in [0.05, 0.1) is 6.04 Å². The molecule has 0 aromatic heterocycles. The van der Waals surface area contributed by atoms with E-state index >= 15 is 0 Å². The molecule has 0 aromatic carbocycles. The molecule has 0 radical (unpaired) electrons. The fourth-order valence-electron chi connectivity index (χ4n) is 4.88. The highest BCUT2D eigenvalue weighted by molar-refractivity contribution is 5.86. The van der Waals surface area contributed by atoms with E-state index in [9.17, 15) is 0 Å². The van der Waals surface area contributed by atoms with Crippen LogP contribution in [0.3, 0.4) is 0 Å². The third-order valence-electron chi connectivity index (χ3n) is 6.35. The summed E-state index contributed by atoms with van der Waals surface area (Å²) in [6, 6.07) is 0.395. The summed E-state index contributed by atoms with van der Waals surface area (Å²) in [6.07, 6.45) is 10.4. The minimum Gasteiger partial charge on any atom is -0.317 e. The molecule has 3 N–H and O–H groups in total. The van der Waals surface area contributed by atoms with Crippen molar-refractivity contribution in [2.75, 3.05) is 13.1 Å². The van der Waals surface area contributed by atoms with Gasteiger partial charge in [-0.1, -0.05) is 37.6 Å².